The van der Waals surface area contributed by atoms with Gasteiger partial charge in [0, 0.05) is 24.7 Å². The molecule has 2 aromatic rings. The van der Waals surface area contributed by atoms with Gasteiger partial charge in [-0.3, -0.25) is 4.90 Å². The van der Waals surface area contributed by atoms with Gasteiger partial charge in [0.1, 0.15) is 17.5 Å². The first kappa shape index (κ1) is 24.6. The molecule has 0 bridgehead atoms. The van der Waals surface area contributed by atoms with E-state index in [0.717, 1.165) is 17.7 Å². The number of nitrogens with one attached hydrogen (secondary N) is 2. The third-order valence-electron chi connectivity index (χ3n) is 5.81. The molecule has 0 aliphatic carbocycles. The number of hydrogen-bond donors (Lipinski definition) is 2. The second-order valence-corrected chi connectivity index (χ2v) is 8.26. The molecular weight excluding hydrogens is 462 g/mol. The molecule has 2 aliphatic rings. The number of urea groups is 1. The first-order chi connectivity index (χ1) is 16.8. The summed E-state index contributed by atoms with van der Waals surface area (Å²) in [6.45, 7) is 7.92. The Morgan fingerprint density at radius 3 is 2.71 bits per heavy atom. The van der Waals surface area contributed by atoms with Crippen molar-refractivity contribution in [1.29, 1.82) is 0 Å². The van der Waals surface area contributed by atoms with Crippen LogP contribution in [0, 0.1) is 11.6 Å². The van der Waals surface area contributed by atoms with E-state index in [-0.39, 0.29) is 42.8 Å². The molecule has 188 valence electrons. The van der Waals surface area contributed by atoms with Crippen molar-refractivity contribution in [1.82, 2.24) is 20.2 Å². The second kappa shape index (κ2) is 10.4. The van der Waals surface area contributed by atoms with E-state index in [9.17, 15) is 14.0 Å². The molecule has 10 nitrogen and oxygen atoms in total. The third-order valence-corrected chi connectivity index (χ3v) is 5.81. The summed E-state index contributed by atoms with van der Waals surface area (Å²) in [6, 6.07) is 1.20. The van der Waals surface area contributed by atoms with Gasteiger partial charge in [0.2, 0.25) is 0 Å². The highest BCUT2D eigenvalue weighted by Crippen LogP contribution is 2.35. The molecule has 1 aromatic carbocycles. The maximum absolute atomic E-state index is 15.1. The average Bonchev–Trinajstić information content (AvgIpc) is 3.26. The van der Waals surface area contributed by atoms with Crippen LogP contribution in [-0.2, 0) is 22.6 Å². The number of nitrogens with zero attached hydrogens (tertiary/aromatic N) is 4. The van der Waals surface area contributed by atoms with Gasteiger partial charge in [-0.05, 0) is 26.8 Å². The van der Waals surface area contributed by atoms with Crippen molar-refractivity contribution in [3.05, 3.63) is 35.0 Å². The average molecular weight is 491 g/mol. The lowest BCUT2D eigenvalue weighted by Gasteiger charge is -2.35. The molecule has 1 fully saturated rings. The minimum absolute atomic E-state index is 0.0101. The standard InChI is InChI=1S/C23H28F2N6O4/c1-4-26-22(32)28-18-9-16(24)14(8-17(18)25)20-27-19-11-30(23(33)35-5-2)10-15(19)21(29-20)31-6-7-34-12-13(31)3/h8-9,13H,4-7,10-12H2,1-3H3,(H2,26,28,32)/t13-/m0/s1. The monoisotopic (exact) mass is 490 g/mol. The second-order valence-electron chi connectivity index (χ2n) is 8.26. The van der Waals surface area contributed by atoms with Crippen molar-refractivity contribution in [3.63, 3.8) is 0 Å². The predicted octanol–water partition coefficient (Wildman–Crippen LogP) is 3.26. The van der Waals surface area contributed by atoms with Gasteiger partial charge in [-0.2, -0.15) is 0 Å². The molecule has 2 N–H and O–H groups in total. The molecular formula is C23H28F2N6O4. The van der Waals surface area contributed by atoms with E-state index in [4.69, 9.17) is 9.47 Å². The SMILES string of the molecule is CCNC(=O)Nc1cc(F)c(-c2nc3c(c(N4CCOC[C@@H]4C)n2)CN(C(=O)OCC)C3)cc1F. The van der Waals surface area contributed by atoms with Gasteiger partial charge in [0.15, 0.2) is 5.82 Å². The van der Waals surface area contributed by atoms with Gasteiger partial charge in [-0.25, -0.2) is 28.3 Å². The summed E-state index contributed by atoms with van der Waals surface area (Å²) >= 11 is 0. The molecule has 1 saturated heterocycles. The molecule has 4 rings (SSSR count). The summed E-state index contributed by atoms with van der Waals surface area (Å²) < 4.78 is 40.6. The fourth-order valence-electron chi connectivity index (χ4n) is 4.12. The zero-order valence-corrected chi connectivity index (χ0v) is 19.9. The molecule has 0 saturated carbocycles. The van der Waals surface area contributed by atoms with E-state index in [1.165, 1.54) is 4.90 Å². The van der Waals surface area contributed by atoms with Gasteiger partial charge in [0.05, 0.1) is 55.9 Å². The number of benzene rings is 1. The number of halogens is 2. The summed E-state index contributed by atoms with van der Waals surface area (Å²) in [5.74, 6) is -1.08. The largest absolute Gasteiger partial charge is 0.450 e. The van der Waals surface area contributed by atoms with Crippen LogP contribution < -0.4 is 15.5 Å². The normalized spacial score (nSPS) is 17.2. The lowest BCUT2D eigenvalue weighted by Crippen LogP contribution is -2.44. The first-order valence-electron chi connectivity index (χ1n) is 11.5. The molecule has 35 heavy (non-hydrogen) atoms. The minimum Gasteiger partial charge on any atom is -0.450 e. The Labute approximate surface area is 201 Å². The predicted molar refractivity (Wildman–Crippen MR) is 124 cm³/mol. The number of rotatable bonds is 5. The Bertz CT molecular complexity index is 1130. The molecule has 3 amide bonds. The number of carbonyl (C=O) groups excluding carboxylic acids is 2. The summed E-state index contributed by atoms with van der Waals surface area (Å²) in [6.07, 6.45) is -0.481. The van der Waals surface area contributed by atoms with Crippen molar-refractivity contribution in [2.24, 2.45) is 0 Å². The van der Waals surface area contributed by atoms with Crippen LogP contribution in [0.5, 0.6) is 0 Å². The number of fused-ring (bicyclic) bond motifs is 1. The summed E-state index contributed by atoms with van der Waals surface area (Å²) in [7, 11) is 0. The Hall–Kier alpha value is -3.54. The topological polar surface area (TPSA) is 109 Å². The van der Waals surface area contributed by atoms with Crippen LogP contribution in [0.1, 0.15) is 32.0 Å². The quantitative estimate of drug-likeness (QED) is 0.662. The van der Waals surface area contributed by atoms with Gasteiger partial charge in [-0.15, -0.1) is 0 Å². The molecule has 0 radical (unpaired) electrons. The Kier molecular flexibility index (Phi) is 7.29. The Morgan fingerprint density at radius 2 is 2.00 bits per heavy atom. The number of aromatic nitrogens is 2. The zero-order valence-electron chi connectivity index (χ0n) is 19.9. The van der Waals surface area contributed by atoms with Gasteiger partial charge in [0.25, 0.3) is 0 Å². The highest BCUT2D eigenvalue weighted by molar-refractivity contribution is 5.89. The maximum atomic E-state index is 15.1. The fourth-order valence-corrected chi connectivity index (χ4v) is 4.12. The van der Waals surface area contributed by atoms with E-state index in [0.29, 0.717) is 37.8 Å². The van der Waals surface area contributed by atoms with Crippen LogP contribution in [0.3, 0.4) is 0 Å². The van der Waals surface area contributed by atoms with Crippen LogP contribution in [-0.4, -0.2) is 65.9 Å². The molecule has 1 aromatic heterocycles. The number of ether oxygens (including phenoxy) is 2. The number of carbonyl (C=O) groups is 2. The number of hydrogen-bond acceptors (Lipinski definition) is 7. The van der Waals surface area contributed by atoms with Gasteiger partial charge >= 0.3 is 12.1 Å². The number of morpholine rings is 1. The lowest BCUT2D eigenvalue weighted by molar-refractivity contribution is 0.0980. The van der Waals surface area contributed by atoms with Crippen LogP contribution >= 0.6 is 0 Å². The summed E-state index contributed by atoms with van der Waals surface area (Å²) in [4.78, 5) is 36.8. The van der Waals surface area contributed by atoms with E-state index >= 15 is 4.39 Å². The number of anilines is 2. The van der Waals surface area contributed by atoms with Crippen molar-refractivity contribution < 1.29 is 27.8 Å². The van der Waals surface area contributed by atoms with E-state index in [1.807, 2.05) is 11.8 Å². The number of amides is 3. The van der Waals surface area contributed by atoms with Gasteiger partial charge < -0.3 is 25.0 Å². The van der Waals surface area contributed by atoms with Crippen molar-refractivity contribution >= 4 is 23.6 Å². The lowest BCUT2D eigenvalue weighted by atomic mass is 10.1. The fraction of sp³-hybridized carbons (Fsp3) is 0.478. The Balaban J connectivity index is 1.75. The molecule has 0 spiro atoms. The molecule has 12 heteroatoms. The highest BCUT2D eigenvalue weighted by Gasteiger charge is 2.33. The highest BCUT2D eigenvalue weighted by atomic mass is 19.1. The summed E-state index contributed by atoms with van der Waals surface area (Å²) in [5.41, 5.74) is 0.837. The van der Waals surface area contributed by atoms with Gasteiger partial charge in [-0.1, -0.05) is 0 Å². The van der Waals surface area contributed by atoms with Crippen molar-refractivity contribution in [3.8, 4) is 11.4 Å². The third kappa shape index (κ3) is 5.11. The molecule has 2 aliphatic heterocycles. The smallest absolute Gasteiger partial charge is 0.410 e. The van der Waals surface area contributed by atoms with Crippen LogP contribution in [0.25, 0.3) is 11.4 Å². The zero-order chi connectivity index (χ0) is 25.1. The van der Waals surface area contributed by atoms with Crippen LogP contribution in [0.15, 0.2) is 12.1 Å². The van der Waals surface area contributed by atoms with Crippen molar-refractivity contribution in [2.75, 3.05) is 43.1 Å². The van der Waals surface area contributed by atoms with E-state index in [2.05, 4.69) is 20.6 Å². The van der Waals surface area contributed by atoms with Crippen LogP contribution in [0.2, 0.25) is 0 Å². The molecule has 3 heterocycles. The van der Waals surface area contributed by atoms with E-state index in [1.54, 1.807) is 13.8 Å². The van der Waals surface area contributed by atoms with Crippen LogP contribution in [0.4, 0.5) is 29.9 Å². The minimum atomic E-state index is -0.828. The first-order valence-corrected chi connectivity index (χ1v) is 11.5. The Morgan fingerprint density at radius 1 is 1.20 bits per heavy atom. The maximum Gasteiger partial charge on any atom is 0.410 e. The molecule has 1 atom stereocenters. The summed E-state index contributed by atoms with van der Waals surface area (Å²) in [5, 5.41) is 4.75. The molecule has 0 unspecified atom stereocenters. The van der Waals surface area contributed by atoms with E-state index < -0.39 is 23.8 Å². The van der Waals surface area contributed by atoms with Crippen molar-refractivity contribution in [2.45, 2.75) is 39.9 Å².